The molecule has 2 heterocycles. The molecular weight excluding hydrogens is 372 g/mol. The third kappa shape index (κ3) is 4.15. The van der Waals surface area contributed by atoms with Crippen molar-refractivity contribution in [3.8, 4) is 16.9 Å². The zero-order chi connectivity index (χ0) is 21.1. The zero-order valence-electron chi connectivity index (χ0n) is 17.4. The number of rotatable bonds is 5. The monoisotopic (exact) mass is 396 g/mol. The van der Waals surface area contributed by atoms with E-state index < -0.39 is 0 Å². The lowest BCUT2D eigenvalue weighted by atomic mass is 10.0. The second-order valence-corrected chi connectivity index (χ2v) is 7.50. The summed E-state index contributed by atoms with van der Waals surface area (Å²) < 4.78 is 1.72. The quantitative estimate of drug-likeness (QED) is 0.528. The highest BCUT2D eigenvalue weighted by Gasteiger charge is 2.18. The number of benzene rings is 2. The average Bonchev–Trinajstić information content (AvgIpc) is 3.20. The van der Waals surface area contributed by atoms with Crippen LogP contribution in [0, 0.1) is 20.8 Å². The fourth-order valence-corrected chi connectivity index (χ4v) is 3.31. The van der Waals surface area contributed by atoms with Crippen LogP contribution in [0.3, 0.4) is 0 Å². The molecule has 0 saturated heterocycles. The highest BCUT2D eigenvalue weighted by Crippen LogP contribution is 2.24. The van der Waals surface area contributed by atoms with Crippen molar-refractivity contribution in [1.29, 1.82) is 0 Å². The van der Waals surface area contributed by atoms with Crippen LogP contribution < -0.4 is 5.32 Å². The van der Waals surface area contributed by atoms with Gasteiger partial charge in [0.1, 0.15) is 5.69 Å². The van der Waals surface area contributed by atoms with Crippen molar-refractivity contribution < 1.29 is 4.79 Å². The van der Waals surface area contributed by atoms with Gasteiger partial charge in [-0.3, -0.25) is 9.78 Å². The second kappa shape index (κ2) is 8.33. The summed E-state index contributed by atoms with van der Waals surface area (Å²) in [5, 5.41) is 7.78. The fourth-order valence-electron chi connectivity index (χ4n) is 3.31. The molecule has 0 unspecified atom stereocenters. The summed E-state index contributed by atoms with van der Waals surface area (Å²) in [6.45, 7) is 6.63. The van der Waals surface area contributed by atoms with Gasteiger partial charge in [0.2, 0.25) is 0 Å². The molecule has 4 rings (SSSR count). The second-order valence-electron chi connectivity index (χ2n) is 7.50. The summed E-state index contributed by atoms with van der Waals surface area (Å²) in [5.41, 5.74) is 7.66. The normalized spacial score (nSPS) is 10.8. The molecule has 0 aliphatic rings. The topological polar surface area (TPSA) is 59.8 Å². The van der Waals surface area contributed by atoms with Gasteiger partial charge in [0.25, 0.3) is 5.91 Å². The maximum absolute atomic E-state index is 13.1. The summed E-state index contributed by atoms with van der Waals surface area (Å²) in [6.07, 6.45) is 3.44. The molecule has 150 valence electrons. The first-order valence-corrected chi connectivity index (χ1v) is 9.93. The van der Waals surface area contributed by atoms with E-state index in [1.807, 2.05) is 55.5 Å². The summed E-state index contributed by atoms with van der Waals surface area (Å²) in [6, 6.07) is 19.9. The first kappa shape index (κ1) is 19.6. The summed E-state index contributed by atoms with van der Waals surface area (Å²) in [7, 11) is 0. The number of nitrogens with zero attached hydrogens (tertiary/aromatic N) is 3. The average molecular weight is 396 g/mol. The predicted octanol–water partition coefficient (Wildman–Crippen LogP) is 4.79. The number of aryl methyl sites for hydroxylation is 3. The van der Waals surface area contributed by atoms with E-state index in [4.69, 9.17) is 5.10 Å². The largest absolute Gasteiger partial charge is 0.347 e. The Kier molecular flexibility index (Phi) is 5.44. The third-order valence-electron chi connectivity index (χ3n) is 5.19. The van der Waals surface area contributed by atoms with Crippen molar-refractivity contribution >= 4 is 5.91 Å². The van der Waals surface area contributed by atoms with E-state index in [1.54, 1.807) is 17.1 Å². The van der Waals surface area contributed by atoms with Gasteiger partial charge in [-0.25, -0.2) is 4.68 Å². The van der Waals surface area contributed by atoms with Gasteiger partial charge in [-0.2, -0.15) is 5.10 Å². The Morgan fingerprint density at radius 1 is 0.933 bits per heavy atom. The Labute approximate surface area is 176 Å². The first-order valence-electron chi connectivity index (χ1n) is 9.93. The Bertz CT molecular complexity index is 1200. The highest BCUT2D eigenvalue weighted by molar-refractivity contribution is 5.94. The number of nitrogens with one attached hydrogen (secondary N) is 1. The van der Waals surface area contributed by atoms with Gasteiger partial charge in [0.15, 0.2) is 0 Å². The smallest absolute Gasteiger partial charge is 0.270 e. The lowest BCUT2D eigenvalue weighted by Crippen LogP contribution is -2.25. The van der Waals surface area contributed by atoms with Crippen LogP contribution in [0.15, 0.2) is 73.1 Å². The van der Waals surface area contributed by atoms with Crippen molar-refractivity contribution in [1.82, 2.24) is 20.1 Å². The van der Waals surface area contributed by atoms with E-state index in [0.29, 0.717) is 12.2 Å². The van der Waals surface area contributed by atoms with Gasteiger partial charge in [0.05, 0.1) is 11.4 Å². The van der Waals surface area contributed by atoms with E-state index in [-0.39, 0.29) is 5.91 Å². The summed E-state index contributed by atoms with van der Waals surface area (Å²) in [4.78, 5) is 17.1. The van der Waals surface area contributed by atoms with E-state index in [2.05, 4.69) is 36.3 Å². The molecule has 2 aromatic heterocycles. The molecule has 5 heteroatoms. The molecule has 4 aromatic rings. The minimum atomic E-state index is -0.170. The lowest BCUT2D eigenvalue weighted by molar-refractivity contribution is 0.0943. The molecule has 0 aliphatic heterocycles. The van der Waals surface area contributed by atoms with Crippen LogP contribution in [0.25, 0.3) is 16.9 Å². The standard InChI is InChI=1S/C25H24N4O/c1-17-5-4-6-22(13-17)29-24(25(30)27-16-20-9-11-26-12-10-20)15-23(28-29)21-8-7-18(2)19(3)14-21/h4-15H,16H2,1-3H3,(H,27,30). The maximum atomic E-state index is 13.1. The van der Waals surface area contributed by atoms with Crippen LogP contribution >= 0.6 is 0 Å². The molecule has 0 fully saturated rings. The fraction of sp³-hybridized carbons (Fsp3) is 0.160. The van der Waals surface area contributed by atoms with Crippen LogP contribution in [0.1, 0.15) is 32.7 Å². The number of pyridine rings is 1. The van der Waals surface area contributed by atoms with Crippen LogP contribution in [-0.4, -0.2) is 20.7 Å². The molecule has 0 radical (unpaired) electrons. The molecule has 30 heavy (non-hydrogen) atoms. The van der Waals surface area contributed by atoms with Crippen LogP contribution in [0.4, 0.5) is 0 Å². The number of aromatic nitrogens is 3. The van der Waals surface area contributed by atoms with Gasteiger partial charge in [0, 0.05) is 24.5 Å². The Morgan fingerprint density at radius 3 is 2.47 bits per heavy atom. The Balaban J connectivity index is 1.72. The lowest BCUT2D eigenvalue weighted by Gasteiger charge is -2.09. The molecule has 2 aromatic carbocycles. The number of carbonyl (C=O) groups is 1. The van der Waals surface area contributed by atoms with E-state index >= 15 is 0 Å². The number of hydrogen-bond donors (Lipinski definition) is 1. The van der Waals surface area contributed by atoms with Crippen molar-refractivity contribution in [2.24, 2.45) is 0 Å². The minimum Gasteiger partial charge on any atom is -0.347 e. The van der Waals surface area contributed by atoms with Gasteiger partial charge >= 0.3 is 0 Å². The SMILES string of the molecule is Cc1cccc(-n2nc(-c3ccc(C)c(C)c3)cc2C(=O)NCc2ccncc2)c1. The van der Waals surface area contributed by atoms with Crippen LogP contribution in [0.5, 0.6) is 0 Å². The molecule has 0 bridgehead atoms. The molecule has 0 aliphatic carbocycles. The van der Waals surface area contributed by atoms with Crippen molar-refractivity contribution in [3.63, 3.8) is 0 Å². The molecule has 0 saturated carbocycles. The van der Waals surface area contributed by atoms with Crippen molar-refractivity contribution in [2.45, 2.75) is 27.3 Å². The molecule has 1 amide bonds. The van der Waals surface area contributed by atoms with Gasteiger partial charge in [-0.15, -0.1) is 0 Å². The van der Waals surface area contributed by atoms with Crippen molar-refractivity contribution in [2.75, 3.05) is 0 Å². The van der Waals surface area contributed by atoms with Crippen molar-refractivity contribution in [3.05, 3.63) is 101 Å². The van der Waals surface area contributed by atoms with E-state index in [0.717, 1.165) is 28.1 Å². The minimum absolute atomic E-state index is 0.170. The summed E-state index contributed by atoms with van der Waals surface area (Å²) >= 11 is 0. The zero-order valence-corrected chi connectivity index (χ0v) is 17.4. The predicted molar refractivity (Wildman–Crippen MR) is 119 cm³/mol. The molecular formula is C25H24N4O. The number of amides is 1. The van der Waals surface area contributed by atoms with Crippen LogP contribution in [-0.2, 0) is 6.54 Å². The van der Waals surface area contributed by atoms with Gasteiger partial charge < -0.3 is 5.32 Å². The number of carbonyl (C=O) groups excluding carboxylic acids is 1. The van der Waals surface area contributed by atoms with E-state index in [1.165, 1.54) is 11.1 Å². The van der Waals surface area contributed by atoms with Gasteiger partial charge in [-0.05, 0) is 79.4 Å². The molecule has 0 atom stereocenters. The Morgan fingerprint density at radius 2 is 1.73 bits per heavy atom. The first-order chi connectivity index (χ1) is 14.5. The molecule has 5 nitrogen and oxygen atoms in total. The number of hydrogen-bond acceptors (Lipinski definition) is 3. The maximum Gasteiger partial charge on any atom is 0.270 e. The molecule has 1 N–H and O–H groups in total. The Hall–Kier alpha value is -3.73. The highest BCUT2D eigenvalue weighted by atomic mass is 16.2. The van der Waals surface area contributed by atoms with Crippen LogP contribution in [0.2, 0.25) is 0 Å². The van der Waals surface area contributed by atoms with Gasteiger partial charge in [-0.1, -0.05) is 24.3 Å². The third-order valence-corrected chi connectivity index (χ3v) is 5.19. The summed E-state index contributed by atoms with van der Waals surface area (Å²) in [5.74, 6) is -0.170. The molecule has 0 spiro atoms. The van der Waals surface area contributed by atoms with E-state index in [9.17, 15) is 4.79 Å².